The lowest BCUT2D eigenvalue weighted by molar-refractivity contribution is 0.637. The minimum absolute atomic E-state index is 0.299. The number of pyridine rings is 1. The zero-order valence-corrected chi connectivity index (χ0v) is 10.5. The lowest BCUT2D eigenvalue weighted by Gasteiger charge is -2.09. The second kappa shape index (κ2) is 4.69. The lowest BCUT2D eigenvalue weighted by Crippen LogP contribution is -1.95. The smallest absolute Gasteiger partial charge is 0.149 e. The van der Waals surface area contributed by atoms with E-state index < -0.39 is 0 Å². The van der Waals surface area contributed by atoms with Crippen LogP contribution < -0.4 is 5.32 Å². The standard InChI is InChI=1S/C16H13FN2/c1-18-15-10-14(11-6-3-2-4-7-11)19-16-12(15)8-5-9-13(16)17/h2-10H,1H3,(H,18,19). The van der Waals surface area contributed by atoms with Crippen molar-refractivity contribution < 1.29 is 4.39 Å². The second-order valence-corrected chi connectivity index (χ2v) is 4.31. The predicted molar refractivity (Wildman–Crippen MR) is 76.7 cm³/mol. The minimum atomic E-state index is -0.299. The van der Waals surface area contributed by atoms with Gasteiger partial charge in [-0.15, -0.1) is 0 Å². The van der Waals surface area contributed by atoms with Gasteiger partial charge in [0.1, 0.15) is 11.3 Å². The van der Waals surface area contributed by atoms with E-state index in [1.165, 1.54) is 6.07 Å². The van der Waals surface area contributed by atoms with Crippen molar-refractivity contribution in [3.63, 3.8) is 0 Å². The highest BCUT2D eigenvalue weighted by Gasteiger charge is 2.09. The van der Waals surface area contributed by atoms with Crippen LogP contribution in [-0.2, 0) is 0 Å². The molecule has 0 saturated carbocycles. The van der Waals surface area contributed by atoms with Crippen LogP contribution in [0.4, 0.5) is 10.1 Å². The molecule has 0 aliphatic carbocycles. The molecular formula is C16H13FN2. The summed E-state index contributed by atoms with van der Waals surface area (Å²) in [5, 5.41) is 3.89. The molecule has 0 unspecified atom stereocenters. The first-order chi connectivity index (χ1) is 9.29. The zero-order valence-electron chi connectivity index (χ0n) is 10.5. The van der Waals surface area contributed by atoms with Crippen LogP contribution >= 0.6 is 0 Å². The fraction of sp³-hybridized carbons (Fsp3) is 0.0625. The number of hydrogen-bond donors (Lipinski definition) is 1. The number of aromatic nitrogens is 1. The van der Waals surface area contributed by atoms with Gasteiger partial charge in [-0.2, -0.15) is 0 Å². The van der Waals surface area contributed by atoms with E-state index in [1.807, 2.05) is 49.5 Å². The summed E-state index contributed by atoms with van der Waals surface area (Å²) >= 11 is 0. The summed E-state index contributed by atoms with van der Waals surface area (Å²) in [4.78, 5) is 4.44. The third kappa shape index (κ3) is 2.03. The summed E-state index contributed by atoms with van der Waals surface area (Å²) in [7, 11) is 1.83. The second-order valence-electron chi connectivity index (χ2n) is 4.31. The van der Waals surface area contributed by atoms with Crippen molar-refractivity contribution in [3.8, 4) is 11.3 Å². The Morgan fingerprint density at radius 1 is 1.00 bits per heavy atom. The summed E-state index contributed by atoms with van der Waals surface area (Å²) in [6.07, 6.45) is 0. The molecule has 0 aliphatic heterocycles. The van der Waals surface area contributed by atoms with Crippen LogP contribution in [0.3, 0.4) is 0 Å². The highest BCUT2D eigenvalue weighted by Crippen LogP contribution is 2.29. The van der Waals surface area contributed by atoms with Crippen LogP contribution in [-0.4, -0.2) is 12.0 Å². The Labute approximate surface area is 110 Å². The van der Waals surface area contributed by atoms with E-state index in [1.54, 1.807) is 6.07 Å². The lowest BCUT2D eigenvalue weighted by atomic mass is 10.1. The first kappa shape index (κ1) is 11.7. The normalized spacial score (nSPS) is 10.6. The van der Waals surface area contributed by atoms with Gasteiger partial charge in [-0.05, 0) is 12.1 Å². The molecule has 2 aromatic carbocycles. The van der Waals surface area contributed by atoms with Gasteiger partial charge in [0.05, 0.1) is 5.69 Å². The molecule has 3 heteroatoms. The van der Waals surface area contributed by atoms with E-state index in [9.17, 15) is 4.39 Å². The van der Waals surface area contributed by atoms with E-state index in [4.69, 9.17) is 0 Å². The van der Waals surface area contributed by atoms with E-state index >= 15 is 0 Å². The molecule has 0 radical (unpaired) electrons. The van der Waals surface area contributed by atoms with E-state index in [0.717, 1.165) is 22.3 Å². The van der Waals surface area contributed by atoms with Gasteiger partial charge in [-0.3, -0.25) is 0 Å². The maximum atomic E-state index is 13.9. The largest absolute Gasteiger partial charge is 0.388 e. The van der Waals surface area contributed by atoms with Gasteiger partial charge in [0.25, 0.3) is 0 Å². The van der Waals surface area contributed by atoms with Gasteiger partial charge < -0.3 is 5.32 Å². The minimum Gasteiger partial charge on any atom is -0.388 e. The predicted octanol–water partition coefficient (Wildman–Crippen LogP) is 4.08. The fourth-order valence-corrected chi connectivity index (χ4v) is 2.18. The third-order valence-corrected chi connectivity index (χ3v) is 3.13. The molecule has 0 bridgehead atoms. The number of para-hydroxylation sites is 1. The molecule has 1 aromatic heterocycles. The van der Waals surface area contributed by atoms with Crippen molar-refractivity contribution in [2.45, 2.75) is 0 Å². The molecule has 1 heterocycles. The van der Waals surface area contributed by atoms with Gasteiger partial charge in [0, 0.05) is 23.7 Å². The van der Waals surface area contributed by atoms with Gasteiger partial charge in [0.2, 0.25) is 0 Å². The van der Waals surface area contributed by atoms with E-state index in [0.29, 0.717) is 5.52 Å². The van der Waals surface area contributed by atoms with E-state index in [-0.39, 0.29) is 5.82 Å². The molecule has 0 fully saturated rings. The fourth-order valence-electron chi connectivity index (χ4n) is 2.18. The molecular weight excluding hydrogens is 239 g/mol. The zero-order chi connectivity index (χ0) is 13.2. The molecule has 0 amide bonds. The summed E-state index contributed by atoms with van der Waals surface area (Å²) in [6, 6.07) is 16.7. The van der Waals surface area contributed by atoms with Crippen LogP contribution in [0, 0.1) is 5.82 Å². The number of rotatable bonds is 2. The first-order valence-corrected chi connectivity index (χ1v) is 6.12. The number of halogens is 1. The molecule has 0 spiro atoms. The molecule has 2 nitrogen and oxygen atoms in total. The molecule has 0 saturated heterocycles. The van der Waals surface area contributed by atoms with Crippen LogP contribution in [0.15, 0.2) is 54.6 Å². The molecule has 1 N–H and O–H groups in total. The Morgan fingerprint density at radius 2 is 1.79 bits per heavy atom. The Morgan fingerprint density at radius 3 is 2.53 bits per heavy atom. The molecule has 0 aliphatic rings. The molecule has 94 valence electrons. The number of fused-ring (bicyclic) bond motifs is 1. The van der Waals surface area contributed by atoms with Crippen molar-refractivity contribution in [2.75, 3.05) is 12.4 Å². The maximum absolute atomic E-state index is 13.9. The summed E-state index contributed by atoms with van der Waals surface area (Å²) < 4.78 is 13.9. The van der Waals surface area contributed by atoms with Crippen LogP contribution in [0.25, 0.3) is 22.2 Å². The van der Waals surface area contributed by atoms with Crippen LogP contribution in [0.5, 0.6) is 0 Å². The highest BCUT2D eigenvalue weighted by molar-refractivity contribution is 5.94. The van der Waals surface area contributed by atoms with E-state index in [2.05, 4.69) is 10.3 Å². The van der Waals surface area contributed by atoms with Gasteiger partial charge in [-0.1, -0.05) is 42.5 Å². The monoisotopic (exact) mass is 252 g/mol. The topological polar surface area (TPSA) is 24.9 Å². The third-order valence-electron chi connectivity index (χ3n) is 3.13. The Hall–Kier alpha value is -2.42. The summed E-state index contributed by atoms with van der Waals surface area (Å²) in [5.41, 5.74) is 3.02. The number of hydrogen-bond acceptors (Lipinski definition) is 2. The number of benzene rings is 2. The molecule has 3 rings (SSSR count). The number of anilines is 1. The first-order valence-electron chi connectivity index (χ1n) is 6.12. The van der Waals surface area contributed by atoms with Crippen LogP contribution in [0.2, 0.25) is 0 Å². The van der Waals surface area contributed by atoms with Crippen molar-refractivity contribution in [3.05, 3.63) is 60.4 Å². The Bertz CT molecular complexity index is 723. The highest BCUT2D eigenvalue weighted by atomic mass is 19.1. The van der Waals surface area contributed by atoms with Crippen molar-refractivity contribution in [1.29, 1.82) is 0 Å². The molecule has 19 heavy (non-hydrogen) atoms. The van der Waals surface area contributed by atoms with Crippen molar-refractivity contribution >= 4 is 16.6 Å². The number of nitrogens with one attached hydrogen (secondary N) is 1. The quantitative estimate of drug-likeness (QED) is 0.743. The van der Waals surface area contributed by atoms with Gasteiger partial charge in [0.15, 0.2) is 0 Å². The number of nitrogens with zero attached hydrogens (tertiary/aromatic N) is 1. The average molecular weight is 252 g/mol. The average Bonchev–Trinajstić information content (AvgIpc) is 2.48. The van der Waals surface area contributed by atoms with Crippen molar-refractivity contribution in [2.24, 2.45) is 0 Å². The molecule has 0 atom stereocenters. The Kier molecular flexibility index (Phi) is 2.88. The Balaban J connectivity index is 2.31. The summed E-state index contributed by atoms with van der Waals surface area (Å²) in [5.74, 6) is -0.299. The van der Waals surface area contributed by atoms with Gasteiger partial charge in [-0.25, -0.2) is 9.37 Å². The van der Waals surface area contributed by atoms with Gasteiger partial charge >= 0.3 is 0 Å². The van der Waals surface area contributed by atoms with Crippen molar-refractivity contribution in [1.82, 2.24) is 4.98 Å². The SMILES string of the molecule is CNc1cc(-c2ccccc2)nc2c(F)cccc12. The van der Waals surface area contributed by atoms with Crippen LogP contribution in [0.1, 0.15) is 0 Å². The molecule has 3 aromatic rings. The summed E-state index contributed by atoms with van der Waals surface area (Å²) in [6.45, 7) is 0. The maximum Gasteiger partial charge on any atom is 0.149 e.